The van der Waals surface area contributed by atoms with Crippen molar-refractivity contribution in [3.8, 4) is 11.6 Å². The standard InChI is InChI=1S/C10H15N5O/c1-6(2)3-4-9-12-10(16-15-9)7-5-8(11)14-13-7/h5-6H,3-4H2,1-2H3,(H3,11,13,14). The van der Waals surface area contributed by atoms with Crippen LogP contribution in [0.5, 0.6) is 0 Å². The Morgan fingerprint density at radius 3 is 2.94 bits per heavy atom. The molecule has 86 valence electrons. The minimum atomic E-state index is 0.414. The normalized spacial score (nSPS) is 11.2. The molecule has 0 atom stereocenters. The van der Waals surface area contributed by atoms with Crippen molar-refractivity contribution in [2.24, 2.45) is 5.92 Å². The fourth-order valence-corrected chi connectivity index (χ4v) is 1.33. The lowest BCUT2D eigenvalue weighted by Gasteiger charge is -1.98. The zero-order valence-electron chi connectivity index (χ0n) is 9.40. The molecule has 3 N–H and O–H groups in total. The molecule has 0 aliphatic heterocycles. The van der Waals surface area contributed by atoms with Gasteiger partial charge in [-0.2, -0.15) is 10.1 Å². The Kier molecular flexibility index (Phi) is 2.89. The van der Waals surface area contributed by atoms with Crippen LogP contribution in [-0.4, -0.2) is 20.3 Å². The van der Waals surface area contributed by atoms with Crippen LogP contribution in [0.1, 0.15) is 26.1 Å². The van der Waals surface area contributed by atoms with Crippen LogP contribution in [0.4, 0.5) is 5.82 Å². The Balaban J connectivity index is 2.07. The molecule has 0 fully saturated rings. The molecule has 0 aliphatic rings. The number of aromatic amines is 1. The zero-order chi connectivity index (χ0) is 11.5. The van der Waals surface area contributed by atoms with Crippen LogP contribution in [0, 0.1) is 5.92 Å². The van der Waals surface area contributed by atoms with Gasteiger partial charge in [0.05, 0.1) is 0 Å². The maximum Gasteiger partial charge on any atom is 0.276 e. The van der Waals surface area contributed by atoms with E-state index in [9.17, 15) is 0 Å². The summed E-state index contributed by atoms with van der Waals surface area (Å²) in [5.74, 6) is 2.20. The third-order valence-corrected chi connectivity index (χ3v) is 2.24. The second-order valence-electron chi connectivity index (χ2n) is 4.15. The molecule has 2 aromatic heterocycles. The van der Waals surface area contributed by atoms with Crippen LogP contribution in [-0.2, 0) is 6.42 Å². The van der Waals surface area contributed by atoms with Gasteiger partial charge in [-0.25, -0.2) is 0 Å². The van der Waals surface area contributed by atoms with Crippen molar-refractivity contribution in [3.05, 3.63) is 11.9 Å². The first-order valence-corrected chi connectivity index (χ1v) is 5.29. The molecule has 0 saturated carbocycles. The van der Waals surface area contributed by atoms with Crippen molar-refractivity contribution < 1.29 is 4.52 Å². The van der Waals surface area contributed by atoms with Gasteiger partial charge in [-0.05, 0) is 12.3 Å². The first-order chi connectivity index (χ1) is 7.65. The summed E-state index contributed by atoms with van der Waals surface area (Å²) in [4.78, 5) is 4.26. The zero-order valence-corrected chi connectivity index (χ0v) is 9.40. The van der Waals surface area contributed by atoms with Gasteiger partial charge in [0.25, 0.3) is 5.89 Å². The number of H-pyrrole nitrogens is 1. The quantitative estimate of drug-likeness (QED) is 0.818. The summed E-state index contributed by atoms with van der Waals surface area (Å²) in [7, 11) is 0. The second-order valence-corrected chi connectivity index (χ2v) is 4.15. The van der Waals surface area contributed by atoms with Gasteiger partial charge in [-0.15, -0.1) is 0 Å². The van der Waals surface area contributed by atoms with Gasteiger partial charge in [0.2, 0.25) is 0 Å². The van der Waals surface area contributed by atoms with Crippen molar-refractivity contribution in [1.82, 2.24) is 20.3 Å². The molecule has 6 heteroatoms. The molecule has 2 aromatic rings. The fourth-order valence-electron chi connectivity index (χ4n) is 1.33. The number of aryl methyl sites for hydroxylation is 1. The maximum atomic E-state index is 5.49. The van der Waals surface area contributed by atoms with Gasteiger partial charge in [0.1, 0.15) is 11.5 Å². The Labute approximate surface area is 93.2 Å². The number of nitrogens with zero attached hydrogens (tertiary/aromatic N) is 3. The summed E-state index contributed by atoms with van der Waals surface area (Å²) in [6, 6.07) is 1.67. The molecular formula is C10H15N5O. The van der Waals surface area contributed by atoms with Crippen molar-refractivity contribution >= 4 is 5.82 Å². The Bertz CT molecular complexity index is 459. The number of nitrogen functional groups attached to an aromatic ring is 1. The number of hydrogen-bond acceptors (Lipinski definition) is 5. The van der Waals surface area contributed by atoms with Gasteiger partial charge in [-0.3, -0.25) is 5.10 Å². The molecule has 0 spiro atoms. The molecule has 2 heterocycles. The minimum Gasteiger partial charge on any atom is -0.382 e. The van der Waals surface area contributed by atoms with E-state index in [1.54, 1.807) is 6.07 Å². The van der Waals surface area contributed by atoms with E-state index >= 15 is 0 Å². The van der Waals surface area contributed by atoms with E-state index in [2.05, 4.69) is 34.2 Å². The van der Waals surface area contributed by atoms with Gasteiger partial charge in [0, 0.05) is 12.5 Å². The molecule has 0 unspecified atom stereocenters. The Morgan fingerprint density at radius 1 is 1.50 bits per heavy atom. The molecule has 0 radical (unpaired) electrons. The van der Waals surface area contributed by atoms with Gasteiger partial charge in [0.15, 0.2) is 5.82 Å². The van der Waals surface area contributed by atoms with Crippen LogP contribution in [0.3, 0.4) is 0 Å². The average Bonchev–Trinajstić information content (AvgIpc) is 2.83. The average molecular weight is 221 g/mol. The number of rotatable bonds is 4. The largest absolute Gasteiger partial charge is 0.382 e. The number of nitrogens with one attached hydrogen (secondary N) is 1. The third kappa shape index (κ3) is 2.39. The summed E-state index contributed by atoms with van der Waals surface area (Å²) in [6.07, 6.45) is 1.87. The Morgan fingerprint density at radius 2 is 2.31 bits per heavy atom. The van der Waals surface area contributed by atoms with Crippen LogP contribution >= 0.6 is 0 Å². The van der Waals surface area contributed by atoms with Gasteiger partial charge in [-0.1, -0.05) is 19.0 Å². The number of hydrogen-bond donors (Lipinski definition) is 2. The predicted molar refractivity (Wildman–Crippen MR) is 59.5 cm³/mol. The summed E-state index contributed by atoms with van der Waals surface area (Å²) in [5.41, 5.74) is 6.14. The number of nitrogens with two attached hydrogens (primary N) is 1. The highest BCUT2D eigenvalue weighted by molar-refractivity contribution is 5.51. The van der Waals surface area contributed by atoms with E-state index in [0.29, 0.717) is 23.3 Å². The smallest absolute Gasteiger partial charge is 0.276 e. The maximum absolute atomic E-state index is 5.49. The highest BCUT2D eigenvalue weighted by Crippen LogP contribution is 2.16. The third-order valence-electron chi connectivity index (χ3n) is 2.24. The molecule has 16 heavy (non-hydrogen) atoms. The number of aromatic nitrogens is 4. The van der Waals surface area contributed by atoms with E-state index in [-0.39, 0.29) is 0 Å². The van der Waals surface area contributed by atoms with Crippen molar-refractivity contribution in [2.75, 3.05) is 5.73 Å². The van der Waals surface area contributed by atoms with Crippen LogP contribution in [0.2, 0.25) is 0 Å². The van der Waals surface area contributed by atoms with E-state index in [1.807, 2.05) is 0 Å². The van der Waals surface area contributed by atoms with Crippen molar-refractivity contribution in [1.29, 1.82) is 0 Å². The van der Waals surface area contributed by atoms with Crippen LogP contribution in [0.25, 0.3) is 11.6 Å². The second kappa shape index (κ2) is 4.34. The van der Waals surface area contributed by atoms with Gasteiger partial charge >= 0.3 is 0 Å². The molecule has 0 saturated heterocycles. The fraction of sp³-hybridized carbons (Fsp3) is 0.500. The summed E-state index contributed by atoms with van der Waals surface area (Å²) in [5, 5.41) is 10.4. The highest BCUT2D eigenvalue weighted by atomic mass is 16.5. The molecule has 0 aliphatic carbocycles. The molecule has 0 bridgehead atoms. The summed E-state index contributed by atoms with van der Waals surface area (Å²) >= 11 is 0. The van der Waals surface area contributed by atoms with Crippen molar-refractivity contribution in [3.63, 3.8) is 0 Å². The highest BCUT2D eigenvalue weighted by Gasteiger charge is 2.11. The minimum absolute atomic E-state index is 0.414. The van der Waals surface area contributed by atoms with Crippen LogP contribution in [0.15, 0.2) is 10.6 Å². The summed E-state index contributed by atoms with van der Waals surface area (Å²) in [6.45, 7) is 4.33. The topological polar surface area (TPSA) is 93.6 Å². The lowest BCUT2D eigenvalue weighted by Crippen LogP contribution is -1.93. The predicted octanol–water partition coefficient (Wildman–Crippen LogP) is 1.63. The lowest BCUT2D eigenvalue weighted by molar-refractivity contribution is 0.418. The van der Waals surface area contributed by atoms with E-state index in [0.717, 1.165) is 18.7 Å². The summed E-state index contributed by atoms with van der Waals surface area (Å²) < 4.78 is 5.11. The molecule has 0 amide bonds. The van der Waals surface area contributed by atoms with E-state index in [4.69, 9.17) is 10.3 Å². The first kappa shape index (κ1) is 10.7. The SMILES string of the molecule is CC(C)CCc1noc(-c2cc(N)n[nH]2)n1. The lowest BCUT2D eigenvalue weighted by atomic mass is 10.1. The molecule has 6 nitrogen and oxygen atoms in total. The first-order valence-electron chi connectivity index (χ1n) is 5.29. The molecular weight excluding hydrogens is 206 g/mol. The molecule has 0 aromatic carbocycles. The molecule has 2 rings (SSSR count). The van der Waals surface area contributed by atoms with Gasteiger partial charge < -0.3 is 10.3 Å². The number of anilines is 1. The van der Waals surface area contributed by atoms with E-state index in [1.165, 1.54) is 0 Å². The Hall–Kier alpha value is -1.85. The van der Waals surface area contributed by atoms with Crippen LogP contribution < -0.4 is 5.73 Å². The van der Waals surface area contributed by atoms with E-state index < -0.39 is 0 Å². The monoisotopic (exact) mass is 221 g/mol. The van der Waals surface area contributed by atoms with Crippen molar-refractivity contribution in [2.45, 2.75) is 26.7 Å².